The van der Waals surface area contributed by atoms with Gasteiger partial charge in [0.2, 0.25) is 15.9 Å². The molecule has 1 aromatic heterocycles. The highest BCUT2D eigenvalue weighted by atomic mass is 32.2. The Kier molecular flexibility index (Phi) is 7.73. The van der Waals surface area contributed by atoms with Crippen molar-refractivity contribution < 1.29 is 18.0 Å². The number of nitrogens with zero attached hydrogens (tertiary/aromatic N) is 2. The Bertz CT molecular complexity index is 1120. The molecule has 0 radical (unpaired) electrons. The summed E-state index contributed by atoms with van der Waals surface area (Å²) in [5.74, 6) is -0.687. The van der Waals surface area contributed by atoms with Crippen molar-refractivity contribution in [3.8, 4) is 0 Å². The smallest absolute Gasteiger partial charge is 0.270 e. The molecule has 2 fully saturated rings. The summed E-state index contributed by atoms with van der Waals surface area (Å²) in [6.07, 6.45) is 6.83. The number of carbonyl (C=O) groups is 2. The summed E-state index contributed by atoms with van der Waals surface area (Å²) in [5.41, 5.74) is 2.44. The Morgan fingerprint density at radius 3 is 2.56 bits per heavy atom. The molecule has 0 saturated carbocycles. The van der Waals surface area contributed by atoms with Crippen LogP contribution >= 0.6 is 0 Å². The van der Waals surface area contributed by atoms with Crippen LogP contribution in [-0.2, 0) is 21.4 Å². The van der Waals surface area contributed by atoms with Gasteiger partial charge in [-0.1, -0.05) is 42.7 Å². The van der Waals surface area contributed by atoms with Gasteiger partial charge in [0.1, 0.15) is 10.6 Å². The molecule has 2 aromatic rings. The number of likely N-dealkylation sites (tertiary alicyclic amines) is 1. The first-order valence-corrected chi connectivity index (χ1v) is 13.6. The molecule has 0 bridgehead atoms. The van der Waals surface area contributed by atoms with Crippen molar-refractivity contribution in [1.82, 2.24) is 19.5 Å². The number of nitrogens with one attached hydrogen (secondary N) is 2. The molecule has 2 N–H and O–H groups in total. The van der Waals surface area contributed by atoms with E-state index >= 15 is 0 Å². The van der Waals surface area contributed by atoms with Crippen molar-refractivity contribution in [2.75, 3.05) is 26.2 Å². The molecular weight excluding hydrogens is 452 g/mol. The number of rotatable bonds is 6. The number of hydrogen-bond donors (Lipinski definition) is 2. The van der Waals surface area contributed by atoms with Crippen molar-refractivity contribution in [2.24, 2.45) is 5.92 Å². The lowest BCUT2D eigenvalue weighted by atomic mass is 9.98. The maximum Gasteiger partial charge on any atom is 0.270 e. The maximum absolute atomic E-state index is 13.3. The van der Waals surface area contributed by atoms with Crippen molar-refractivity contribution >= 4 is 21.8 Å². The Hall–Kier alpha value is -2.65. The van der Waals surface area contributed by atoms with Gasteiger partial charge in [-0.05, 0) is 44.2 Å². The topological polar surface area (TPSA) is 103 Å². The number of piperidine rings is 1. The van der Waals surface area contributed by atoms with E-state index in [4.69, 9.17) is 0 Å². The van der Waals surface area contributed by atoms with Crippen LogP contribution in [0.5, 0.6) is 0 Å². The van der Waals surface area contributed by atoms with Crippen LogP contribution in [0.15, 0.2) is 41.4 Å². The fourth-order valence-electron chi connectivity index (χ4n) is 4.77. The van der Waals surface area contributed by atoms with Crippen LogP contribution in [0.1, 0.15) is 60.1 Å². The van der Waals surface area contributed by atoms with Gasteiger partial charge in [0.25, 0.3) is 5.91 Å². The predicted molar refractivity (Wildman–Crippen MR) is 130 cm³/mol. The fourth-order valence-corrected chi connectivity index (χ4v) is 6.29. The quantitative estimate of drug-likeness (QED) is 0.655. The molecule has 4 rings (SSSR count). The molecule has 2 aliphatic rings. The van der Waals surface area contributed by atoms with Gasteiger partial charge in [-0.25, -0.2) is 8.42 Å². The Morgan fingerprint density at radius 2 is 1.82 bits per heavy atom. The average Bonchev–Trinajstić information content (AvgIpc) is 3.19. The van der Waals surface area contributed by atoms with E-state index in [0.717, 1.165) is 36.8 Å². The van der Waals surface area contributed by atoms with E-state index in [1.807, 2.05) is 31.2 Å². The number of aromatic amines is 1. The van der Waals surface area contributed by atoms with Crippen molar-refractivity contribution in [3.63, 3.8) is 0 Å². The number of H-pyrrole nitrogens is 1. The van der Waals surface area contributed by atoms with Gasteiger partial charge in [0, 0.05) is 38.9 Å². The average molecular weight is 487 g/mol. The zero-order valence-electron chi connectivity index (χ0n) is 19.8. The highest BCUT2D eigenvalue weighted by Crippen LogP contribution is 2.25. The van der Waals surface area contributed by atoms with E-state index in [1.165, 1.54) is 16.6 Å². The van der Waals surface area contributed by atoms with Crippen LogP contribution in [0.25, 0.3) is 0 Å². The van der Waals surface area contributed by atoms with E-state index in [0.29, 0.717) is 44.7 Å². The van der Waals surface area contributed by atoms with Gasteiger partial charge >= 0.3 is 0 Å². The number of benzene rings is 1. The Balaban J connectivity index is 1.39. The van der Waals surface area contributed by atoms with Crippen LogP contribution in [-0.4, -0.2) is 60.6 Å². The van der Waals surface area contributed by atoms with Crippen LogP contribution < -0.4 is 5.32 Å². The summed E-state index contributed by atoms with van der Waals surface area (Å²) in [7, 11) is -3.80. The molecule has 2 aliphatic heterocycles. The van der Waals surface area contributed by atoms with Gasteiger partial charge in [-0.3, -0.25) is 9.59 Å². The third-order valence-corrected chi connectivity index (χ3v) is 8.57. The number of carbonyl (C=O) groups excluding carboxylic acids is 2. The molecule has 184 valence electrons. The van der Waals surface area contributed by atoms with E-state index in [-0.39, 0.29) is 23.3 Å². The second-order valence-corrected chi connectivity index (χ2v) is 11.3. The second kappa shape index (κ2) is 10.7. The highest BCUT2D eigenvalue weighted by molar-refractivity contribution is 7.89. The normalized spacial score (nSPS) is 20.0. The summed E-state index contributed by atoms with van der Waals surface area (Å²) in [4.78, 5) is 30.4. The molecule has 3 heterocycles. The van der Waals surface area contributed by atoms with Crippen molar-refractivity contribution in [1.29, 1.82) is 0 Å². The van der Waals surface area contributed by atoms with Gasteiger partial charge in [-0.2, -0.15) is 4.31 Å². The third-order valence-electron chi connectivity index (χ3n) is 6.72. The second-order valence-electron chi connectivity index (χ2n) is 9.36. The molecule has 1 aromatic carbocycles. The minimum atomic E-state index is -3.80. The van der Waals surface area contributed by atoms with Gasteiger partial charge in [0.15, 0.2) is 0 Å². The van der Waals surface area contributed by atoms with Crippen molar-refractivity contribution in [2.45, 2.75) is 56.9 Å². The van der Waals surface area contributed by atoms with E-state index in [2.05, 4.69) is 10.3 Å². The Morgan fingerprint density at radius 1 is 1.06 bits per heavy atom. The molecule has 0 aliphatic carbocycles. The molecule has 2 saturated heterocycles. The van der Waals surface area contributed by atoms with Crippen LogP contribution in [0.4, 0.5) is 0 Å². The lowest BCUT2D eigenvalue weighted by molar-refractivity contribution is -0.126. The monoisotopic (exact) mass is 486 g/mol. The first-order valence-electron chi connectivity index (χ1n) is 12.2. The molecule has 8 nitrogen and oxygen atoms in total. The zero-order valence-corrected chi connectivity index (χ0v) is 20.6. The molecule has 34 heavy (non-hydrogen) atoms. The first kappa shape index (κ1) is 24.5. The van der Waals surface area contributed by atoms with Gasteiger partial charge in [0.05, 0.1) is 5.92 Å². The minimum absolute atomic E-state index is 0.0755. The molecule has 9 heteroatoms. The predicted octanol–water partition coefficient (Wildman–Crippen LogP) is 3.06. The molecule has 0 spiro atoms. The van der Waals surface area contributed by atoms with Gasteiger partial charge in [-0.15, -0.1) is 0 Å². The van der Waals surface area contributed by atoms with E-state index in [1.54, 1.807) is 4.90 Å². The number of sulfonamides is 1. The summed E-state index contributed by atoms with van der Waals surface area (Å²) < 4.78 is 27.9. The number of hydrogen-bond acceptors (Lipinski definition) is 4. The van der Waals surface area contributed by atoms with E-state index in [9.17, 15) is 18.0 Å². The summed E-state index contributed by atoms with van der Waals surface area (Å²) >= 11 is 0. The summed E-state index contributed by atoms with van der Waals surface area (Å²) in [6, 6.07) is 9.37. The lowest BCUT2D eigenvalue weighted by Crippen LogP contribution is -2.45. The fraction of sp³-hybridized carbons (Fsp3) is 0.520. The standard InChI is InChI=1S/C25H34N4O4S/c1-19-8-6-9-20(14-19)16-27-24(30)21-10-7-13-29(18-21)34(32,33)22-15-23(26-17-22)25(31)28-11-4-2-3-5-12-28/h6,8-9,14-15,17,21,26H,2-5,7,10-13,16,18H2,1H3,(H,27,30)/t21-/m1/s1. The molecule has 1 atom stereocenters. The SMILES string of the molecule is Cc1cccc(CNC(=O)[C@@H]2CCCN(S(=O)(=O)c3c[nH]c(C(=O)N4CCCCCC4)c3)C2)c1. The zero-order chi connectivity index (χ0) is 24.1. The van der Waals surface area contributed by atoms with E-state index < -0.39 is 15.9 Å². The van der Waals surface area contributed by atoms with Crippen molar-refractivity contribution in [3.05, 3.63) is 53.3 Å². The highest BCUT2D eigenvalue weighted by Gasteiger charge is 2.34. The molecular formula is C25H34N4O4S. The maximum atomic E-state index is 13.3. The van der Waals surface area contributed by atoms with Crippen LogP contribution in [0.3, 0.4) is 0 Å². The number of amides is 2. The lowest BCUT2D eigenvalue weighted by Gasteiger charge is -2.31. The largest absolute Gasteiger partial charge is 0.356 e. The Labute approximate surface area is 201 Å². The number of aryl methyl sites for hydroxylation is 1. The number of aromatic nitrogens is 1. The van der Waals surface area contributed by atoms with Crippen LogP contribution in [0, 0.1) is 12.8 Å². The third kappa shape index (κ3) is 5.70. The van der Waals surface area contributed by atoms with Gasteiger partial charge < -0.3 is 15.2 Å². The minimum Gasteiger partial charge on any atom is -0.356 e. The first-order chi connectivity index (χ1) is 16.3. The molecule has 2 amide bonds. The summed E-state index contributed by atoms with van der Waals surface area (Å²) in [6.45, 7) is 4.33. The summed E-state index contributed by atoms with van der Waals surface area (Å²) in [5, 5.41) is 2.95. The molecule has 0 unspecified atom stereocenters. The van der Waals surface area contributed by atoms with Crippen LogP contribution in [0.2, 0.25) is 0 Å².